The van der Waals surface area contributed by atoms with E-state index in [1.165, 1.54) is 18.3 Å². The average molecular weight is 399 g/mol. The number of amides is 2. The molecule has 152 valence electrons. The maximum Gasteiger partial charge on any atom is 0.422 e. The summed E-state index contributed by atoms with van der Waals surface area (Å²) >= 11 is 0. The monoisotopic (exact) mass is 399 g/mol. The highest BCUT2D eigenvalue weighted by Gasteiger charge is 2.62. The molecular weight excluding hydrogens is 380 g/mol. The van der Waals surface area contributed by atoms with Gasteiger partial charge in [0.15, 0.2) is 6.61 Å². The van der Waals surface area contributed by atoms with Gasteiger partial charge in [-0.15, -0.1) is 0 Å². The lowest BCUT2D eigenvalue weighted by Gasteiger charge is -2.20. The van der Waals surface area contributed by atoms with Crippen LogP contribution in [0.25, 0.3) is 0 Å². The summed E-state index contributed by atoms with van der Waals surface area (Å²) < 4.78 is 79.5. The molecule has 2 amide bonds. The third-order valence-electron chi connectivity index (χ3n) is 4.33. The number of alkyl halides is 6. The highest BCUT2D eigenvalue weighted by molar-refractivity contribution is 5.74. The van der Waals surface area contributed by atoms with Gasteiger partial charge in [-0.2, -0.15) is 26.3 Å². The van der Waals surface area contributed by atoms with Crippen LogP contribution in [0.2, 0.25) is 0 Å². The van der Waals surface area contributed by atoms with E-state index in [4.69, 9.17) is 0 Å². The number of urea groups is 1. The summed E-state index contributed by atoms with van der Waals surface area (Å²) in [5.41, 5.74) is -1.26. The SMILES string of the molecule is CC(NC(=O)NCCC1(C(F)(F)F)CC1)c1ccnc(OCC(F)(F)F)c1. The van der Waals surface area contributed by atoms with Gasteiger partial charge in [0.1, 0.15) is 0 Å². The van der Waals surface area contributed by atoms with Crippen molar-refractivity contribution in [3.63, 3.8) is 0 Å². The third kappa shape index (κ3) is 6.17. The number of carbonyl (C=O) groups excluding carboxylic acids is 1. The molecule has 1 heterocycles. The Hall–Kier alpha value is -2.20. The lowest BCUT2D eigenvalue weighted by molar-refractivity contribution is -0.188. The van der Waals surface area contributed by atoms with Crippen LogP contribution < -0.4 is 15.4 Å². The van der Waals surface area contributed by atoms with Crippen molar-refractivity contribution in [3.05, 3.63) is 23.9 Å². The molecule has 0 aliphatic heterocycles. The third-order valence-corrected chi connectivity index (χ3v) is 4.33. The largest absolute Gasteiger partial charge is 0.468 e. The molecule has 1 atom stereocenters. The molecule has 0 saturated heterocycles. The van der Waals surface area contributed by atoms with Crippen LogP contribution >= 0.6 is 0 Å². The molecule has 27 heavy (non-hydrogen) atoms. The molecule has 2 rings (SSSR count). The van der Waals surface area contributed by atoms with E-state index in [0.29, 0.717) is 5.56 Å². The molecule has 0 aromatic carbocycles. The second-order valence-corrected chi connectivity index (χ2v) is 6.48. The number of nitrogens with one attached hydrogen (secondary N) is 2. The lowest BCUT2D eigenvalue weighted by Crippen LogP contribution is -2.39. The molecule has 1 aliphatic rings. The Bertz CT molecular complexity index is 658. The van der Waals surface area contributed by atoms with Gasteiger partial charge < -0.3 is 15.4 Å². The molecule has 1 aromatic heterocycles. The predicted octanol–water partition coefficient (Wildman–Crippen LogP) is 4.12. The first-order valence-corrected chi connectivity index (χ1v) is 8.18. The van der Waals surface area contributed by atoms with Crippen molar-refractivity contribution in [3.8, 4) is 5.88 Å². The zero-order chi connectivity index (χ0) is 20.3. The number of ether oxygens (including phenoxy) is 1. The average Bonchev–Trinajstić information content (AvgIpc) is 3.33. The van der Waals surface area contributed by atoms with E-state index in [1.54, 1.807) is 6.92 Å². The minimum Gasteiger partial charge on any atom is -0.468 e. The van der Waals surface area contributed by atoms with Gasteiger partial charge in [-0.25, -0.2) is 9.78 Å². The van der Waals surface area contributed by atoms with Crippen LogP contribution in [0.15, 0.2) is 18.3 Å². The van der Waals surface area contributed by atoms with Gasteiger partial charge in [-0.3, -0.25) is 0 Å². The number of pyridine rings is 1. The van der Waals surface area contributed by atoms with Gasteiger partial charge in [0, 0.05) is 18.8 Å². The van der Waals surface area contributed by atoms with Crippen LogP contribution in [0, 0.1) is 5.41 Å². The minimum atomic E-state index is -4.50. The quantitative estimate of drug-likeness (QED) is 0.679. The molecule has 1 fully saturated rings. The van der Waals surface area contributed by atoms with Crippen molar-refractivity contribution in [1.29, 1.82) is 0 Å². The topological polar surface area (TPSA) is 63.2 Å². The Balaban J connectivity index is 1.80. The van der Waals surface area contributed by atoms with Crippen LogP contribution in [-0.2, 0) is 0 Å². The van der Waals surface area contributed by atoms with Crippen molar-refractivity contribution in [2.75, 3.05) is 13.2 Å². The summed E-state index contributed by atoms with van der Waals surface area (Å²) in [6.45, 7) is -0.0540. The fourth-order valence-electron chi connectivity index (χ4n) is 2.50. The molecule has 0 radical (unpaired) electrons. The second kappa shape index (κ2) is 7.81. The Morgan fingerprint density at radius 3 is 2.52 bits per heavy atom. The molecular formula is C16H19F6N3O2. The molecule has 0 spiro atoms. The van der Waals surface area contributed by atoms with E-state index >= 15 is 0 Å². The Labute approximate surface area is 151 Å². The van der Waals surface area contributed by atoms with E-state index in [1.807, 2.05) is 0 Å². The number of rotatable bonds is 7. The molecule has 1 saturated carbocycles. The number of carbonyl (C=O) groups is 1. The smallest absolute Gasteiger partial charge is 0.422 e. The summed E-state index contributed by atoms with van der Waals surface area (Å²) in [6.07, 6.45) is -7.61. The second-order valence-electron chi connectivity index (χ2n) is 6.48. The first-order valence-electron chi connectivity index (χ1n) is 8.18. The van der Waals surface area contributed by atoms with Gasteiger partial charge in [0.25, 0.3) is 0 Å². The van der Waals surface area contributed by atoms with Crippen molar-refractivity contribution in [2.45, 2.75) is 44.6 Å². The van der Waals surface area contributed by atoms with Crippen molar-refractivity contribution < 1.29 is 35.9 Å². The standard InChI is InChI=1S/C16H19F6N3O2/c1-10(11-2-6-23-12(8-11)27-9-15(17,18)19)25-13(26)24-7-5-14(3-4-14)16(20,21)22/h2,6,8,10H,3-5,7,9H2,1H3,(H2,24,25,26). The molecule has 11 heteroatoms. The fourth-order valence-corrected chi connectivity index (χ4v) is 2.50. The number of nitrogens with zero attached hydrogens (tertiary/aromatic N) is 1. The number of halogens is 6. The maximum absolute atomic E-state index is 12.8. The van der Waals surface area contributed by atoms with Crippen LogP contribution in [0.3, 0.4) is 0 Å². The highest BCUT2D eigenvalue weighted by Crippen LogP contribution is 2.59. The molecule has 2 N–H and O–H groups in total. The van der Waals surface area contributed by atoms with E-state index in [0.717, 1.165) is 0 Å². The van der Waals surface area contributed by atoms with E-state index in [9.17, 15) is 31.1 Å². The molecule has 1 unspecified atom stereocenters. The Morgan fingerprint density at radius 2 is 1.96 bits per heavy atom. The van der Waals surface area contributed by atoms with E-state index in [2.05, 4.69) is 20.4 Å². The lowest BCUT2D eigenvalue weighted by atomic mass is 10.0. The molecule has 1 aliphatic carbocycles. The van der Waals surface area contributed by atoms with E-state index in [-0.39, 0.29) is 31.7 Å². The van der Waals surface area contributed by atoms with Crippen LogP contribution in [-0.4, -0.2) is 36.5 Å². The number of aromatic nitrogens is 1. The highest BCUT2D eigenvalue weighted by atomic mass is 19.4. The van der Waals surface area contributed by atoms with Crippen molar-refractivity contribution in [2.24, 2.45) is 5.41 Å². The van der Waals surface area contributed by atoms with Gasteiger partial charge in [-0.05, 0) is 37.8 Å². The first-order chi connectivity index (χ1) is 12.4. The Morgan fingerprint density at radius 1 is 1.30 bits per heavy atom. The first kappa shape index (κ1) is 21.1. The van der Waals surface area contributed by atoms with Crippen LogP contribution in [0.5, 0.6) is 5.88 Å². The van der Waals surface area contributed by atoms with Gasteiger partial charge in [-0.1, -0.05) is 0 Å². The van der Waals surface area contributed by atoms with Gasteiger partial charge >= 0.3 is 18.4 Å². The Kier molecular flexibility index (Phi) is 6.10. The van der Waals surface area contributed by atoms with Gasteiger partial charge in [0.2, 0.25) is 5.88 Å². The summed E-state index contributed by atoms with van der Waals surface area (Å²) in [5.74, 6) is -0.250. The summed E-state index contributed by atoms with van der Waals surface area (Å²) in [7, 11) is 0. The fraction of sp³-hybridized carbons (Fsp3) is 0.625. The molecule has 0 bridgehead atoms. The zero-order valence-electron chi connectivity index (χ0n) is 14.4. The number of hydrogen-bond acceptors (Lipinski definition) is 3. The molecule has 1 aromatic rings. The minimum absolute atomic E-state index is 0.0634. The van der Waals surface area contributed by atoms with Crippen LogP contribution in [0.4, 0.5) is 31.1 Å². The maximum atomic E-state index is 12.8. The predicted molar refractivity (Wildman–Crippen MR) is 83.1 cm³/mol. The summed E-state index contributed by atoms with van der Waals surface area (Å²) in [6, 6.07) is 1.45. The van der Waals surface area contributed by atoms with Crippen molar-refractivity contribution in [1.82, 2.24) is 15.6 Å². The molecule has 5 nitrogen and oxygen atoms in total. The van der Waals surface area contributed by atoms with Crippen LogP contribution in [0.1, 0.15) is 37.8 Å². The van der Waals surface area contributed by atoms with Crippen molar-refractivity contribution >= 4 is 6.03 Å². The normalized spacial score (nSPS) is 17.1. The zero-order valence-corrected chi connectivity index (χ0v) is 14.4. The number of hydrogen-bond donors (Lipinski definition) is 2. The summed E-state index contributed by atoms with van der Waals surface area (Å²) in [5, 5.41) is 4.87. The summed E-state index contributed by atoms with van der Waals surface area (Å²) in [4.78, 5) is 15.5. The van der Waals surface area contributed by atoms with E-state index < -0.39 is 36.4 Å². The van der Waals surface area contributed by atoms with Gasteiger partial charge in [0.05, 0.1) is 11.5 Å².